The monoisotopic (exact) mass is 287 g/mol. The molecule has 3 nitrogen and oxygen atoms in total. The zero-order valence-corrected chi connectivity index (χ0v) is 12.1. The standard InChI is InChI=1S/C15H23F2NO2/c1-10(2)14(8-9-19)18-11(3)12-4-6-13(7-5-12)20-15(16)17/h4-7,10-11,14-15,18-19H,8-9H2,1-3H3. The highest BCUT2D eigenvalue weighted by atomic mass is 19.3. The van der Waals surface area contributed by atoms with Crippen LogP contribution in [0.3, 0.4) is 0 Å². The molecule has 0 fully saturated rings. The van der Waals surface area contributed by atoms with Crippen molar-refractivity contribution in [2.24, 2.45) is 5.92 Å². The predicted molar refractivity (Wildman–Crippen MR) is 75.0 cm³/mol. The SMILES string of the molecule is CC(NC(CCO)C(C)C)c1ccc(OC(F)F)cc1. The zero-order chi connectivity index (χ0) is 15.1. The van der Waals surface area contributed by atoms with Crippen LogP contribution in [0.15, 0.2) is 24.3 Å². The Balaban J connectivity index is 2.64. The van der Waals surface area contributed by atoms with Gasteiger partial charge in [0.05, 0.1) is 0 Å². The second-order valence-electron chi connectivity index (χ2n) is 5.20. The van der Waals surface area contributed by atoms with E-state index in [1.54, 1.807) is 12.1 Å². The molecule has 1 rings (SSSR count). The Morgan fingerprint density at radius 1 is 1.15 bits per heavy atom. The van der Waals surface area contributed by atoms with Gasteiger partial charge in [-0.25, -0.2) is 0 Å². The summed E-state index contributed by atoms with van der Waals surface area (Å²) in [6.07, 6.45) is 0.689. The largest absolute Gasteiger partial charge is 0.435 e. The normalized spacial score (nSPS) is 14.6. The summed E-state index contributed by atoms with van der Waals surface area (Å²) in [5.74, 6) is 0.567. The molecule has 0 aliphatic carbocycles. The smallest absolute Gasteiger partial charge is 0.387 e. The molecule has 0 bridgehead atoms. The minimum atomic E-state index is -2.80. The lowest BCUT2D eigenvalue weighted by atomic mass is 9.98. The molecule has 5 heteroatoms. The van der Waals surface area contributed by atoms with E-state index in [1.165, 1.54) is 12.1 Å². The molecular weight excluding hydrogens is 264 g/mol. The molecule has 0 amide bonds. The first-order valence-corrected chi connectivity index (χ1v) is 6.85. The number of alkyl halides is 2. The van der Waals surface area contributed by atoms with Gasteiger partial charge in [0.2, 0.25) is 0 Å². The number of aliphatic hydroxyl groups is 1. The van der Waals surface area contributed by atoms with Crippen molar-refractivity contribution >= 4 is 0 Å². The Bertz CT molecular complexity index is 382. The molecule has 0 aromatic heterocycles. The molecule has 1 aromatic carbocycles. The molecule has 2 N–H and O–H groups in total. The van der Waals surface area contributed by atoms with Crippen molar-refractivity contribution in [2.45, 2.75) is 45.9 Å². The fourth-order valence-electron chi connectivity index (χ4n) is 2.10. The van der Waals surface area contributed by atoms with Crippen molar-refractivity contribution < 1.29 is 18.6 Å². The summed E-state index contributed by atoms with van der Waals surface area (Å²) in [5, 5.41) is 12.5. The summed E-state index contributed by atoms with van der Waals surface area (Å²) >= 11 is 0. The Kier molecular flexibility index (Phi) is 6.88. The van der Waals surface area contributed by atoms with Crippen LogP contribution in [-0.4, -0.2) is 24.4 Å². The van der Waals surface area contributed by atoms with Crippen LogP contribution in [0.2, 0.25) is 0 Å². The summed E-state index contributed by atoms with van der Waals surface area (Å²) in [5.41, 5.74) is 0.996. The summed E-state index contributed by atoms with van der Waals surface area (Å²) in [4.78, 5) is 0. The van der Waals surface area contributed by atoms with E-state index >= 15 is 0 Å². The Hall–Kier alpha value is -1.20. The van der Waals surface area contributed by atoms with Crippen molar-refractivity contribution in [1.29, 1.82) is 0 Å². The second kappa shape index (κ2) is 8.17. The number of rotatable bonds is 8. The van der Waals surface area contributed by atoms with Crippen molar-refractivity contribution in [3.8, 4) is 5.75 Å². The van der Waals surface area contributed by atoms with Crippen molar-refractivity contribution in [1.82, 2.24) is 5.32 Å². The van der Waals surface area contributed by atoms with E-state index in [0.29, 0.717) is 12.3 Å². The topological polar surface area (TPSA) is 41.5 Å². The molecule has 0 radical (unpaired) electrons. The Morgan fingerprint density at radius 3 is 2.20 bits per heavy atom. The number of hydrogen-bond acceptors (Lipinski definition) is 3. The van der Waals surface area contributed by atoms with E-state index in [-0.39, 0.29) is 24.4 Å². The second-order valence-corrected chi connectivity index (χ2v) is 5.20. The Morgan fingerprint density at radius 2 is 1.75 bits per heavy atom. The number of benzene rings is 1. The third-order valence-corrected chi connectivity index (χ3v) is 3.31. The van der Waals surface area contributed by atoms with Gasteiger partial charge in [0.15, 0.2) is 0 Å². The van der Waals surface area contributed by atoms with Gasteiger partial charge in [0.25, 0.3) is 0 Å². The lowest BCUT2D eigenvalue weighted by Gasteiger charge is -2.26. The van der Waals surface area contributed by atoms with Gasteiger partial charge in [0, 0.05) is 18.7 Å². The molecule has 2 atom stereocenters. The number of nitrogens with one attached hydrogen (secondary N) is 1. The summed E-state index contributed by atoms with van der Waals surface area (Å²) in [6, 6.07) is 6.91. The maximum Gasteiger partial charge on any atom is 0.387 e. The molecule has 0 aliphatic rings. The molecule has 0 aliphatic heterocycles. The molecule has 2 unspecified atom stereocenters. The first-order valence-electron chi connectivity index (χ1n) is 6.85. The highest BCUT2D eigenvalue weighted by Gasteiger charge is 2.16. The third kappa shape index (κ3) is 5.43. The molecule has 0 saturated heterocycles. The van der Waals surface area contributed by atoms with Crippen molar-refractivity contribution in [2.75, 3.05) is 6.61 Å². The minimum absolute atomic E-state index is 0.0783. The summed E-state index contributed by atoms with van der Waals surface area (Å²) in [7, 11) is 0. The van der Waals surface area contributed by atoms with Crippen LogP contribution in [0.25, 0.3) is 0 Å². The first kappa shape index (κ1) is 16.9. The van der Waals surface area contributed by atoms with Crippen LogP contribution in [0.4, 0.5) is 8.78 Å². The zero-order valence-electron chi connectivity index (χ0n) is 12.1. The molecule has 20 heavy (non-hydrogen) atoms. The summed E-state index contributed by atoms with van der Waals surface area (Å²) in [6.45, 7) is 3.55. The fraction of sp³-hybridized carbons (Fsp3) is 0.600. The molecule has 114 valence electrons. The highest BCUT2D eigenvalue weighted by molar-refractivity contribution is 5.29. The maximum absolute atomic E-state index is 12.1. The van der Waals surface area contributed by atoms with Gasteiger partial charge in [-0.15, -0.1) is 0 Å². The fourth-order valence-corrected chi connectivity index (χ4v) is 2.10. The lowest BCUT2D eigenvalue weighted by molar-refractivity contribution is -0.0498. The molecule has 1 aromatic rings. The van der Waals surface area contributed by atoms with Gasteiger partial charge < -0.3 is 15.2 Å². The number of aliphatic hydroxyl groups excluding tert-OH is 1. The van der Waals surface area contributed by atoms with Crippen LogP contribution >= 0.6 is 0 Å². The van der Waals surface area contributed by atoms with E-state index in [1.807, 2.05) is 6.92 Å². The average Bonchev–Trinajstić information content (AvgIpc) is 2.38. The number of ether oxygens (including phenoxy) is 1. The number of hydrogen-bond donors (Lipinski definition) is 2. The molecular formula is C15H23F2NO2. The van der Waals surface area contributed by atoms with Gasteiger partial charge in [-0.05, 0) is 37.0 Å². The van der Waals surface area contributed by atoms with Gasteiger partial charge in [0.1, 0.15) is 5.75 Å². The minimum Gasteiger partial charge on any atom is -0.435 e. The van der Waals surface area contributed by atoms with Crippen molar-refractivity contribution in [3.05, 3.63) is 29.8 Å². The van der Waals surface area contributed by atoms with Gasteiger partial charge in [-0.3, -0.25) is 0 Å². The van der Waals surface area contributed by atoms with Gasteiger partial charge in [-0.2, -0.15) is 8.78 Å². The third-order valence-electron chi connectivity index (χ3n) is 3.31. The van der Waals surface area contributed by atoms with E-state index in [2.05, 4.69) is 23.9 Å². The van der Waals surface area contributed by atoms with Gasteiger partial charge in [-0.1, -0.05) is 26.0 Å². The number of halogens is 2. The maximum atomic E-state index is 12.1. The van der Waals surface area contributed by atoms with Crippen molar-refractivity contribution in [3.63, 3.8) is 0 Å². The average molecular weight is 287 g/mol. The van der Waals surface area contributed by atoms with Gasteiger partial charge >= 0.3 is 6.61 Å². The highest BCUT2D eigenvalue weighted by Crippen LogP contribution is 2.20. The van der Waals surface area contributed by atoms with Crippen LogP contribution in [-0.2, 0) is 0 Å². The Labute approximate surface area is 119 Å². The van der Waals surface area contributed by atoms with E-state index < -0.39 is 6.61 Å². The predicted octanol–water partition coefficient (Wildman–Crippen LogP) is 3.35. The molecule has 0 saturated carbocycles. The van der Waals surface area contributed by atoms with Crippen LogP contribution < -0.4 is 10.1 Å². The van der Waals surface area contributed by atoms with E-state index in [4.69, 9.17) is 5.11 Å². The lowest BCUT2D eigenvalue weighted by Crippen LogP contribution is -2.36. The van der Waals surface area contributed by atoms with Crippen LogP contribution in [0.1, 0.15) is 38.8 Å². The summed E-state index contributed by atoms with van der Waals surface area (Å²) < 4.78 is 28.5. The van der Waals surface area contributed by atoms with Crippen LogP contribution in [0.5, 0.6) is 5.75 Å². The van der Waals surface area contributed by atoms with E-state index in [9.17, 15) is 8.78 Å². The molecule has 0 heterocycles. The van der Waals surface area contributed by atoms with Crippen LogP contribution in [0, 0.1) is 5.92 Å². The quantitative estimate of drug-likeness (QED) is 0.770. The van der Waals surface area contributed by atoms with E-state index in [0.717, 1.165) is 5.56 Å². The first-order chi connectivity index (χ1) is 9.43. The molecule has 0 spiro atoms.